The Hall–Kier alpha value is -3.99. The van der Waals surface area contributed by atoms with E-state index in [1.165, 1.54) is 11.8 Å². The zero-order valence-electron chi connectivity index (χ0n) is 17.3. The van der Waals surface area contributed by atoms with E-state index in [0.29, 0.717) is 11.3 Å². The summed E-state index contributed by atoms with van der Waals surface area (Å²) in [4.78, 5) is 17.6. The van der Waals surface area contributed by atoms with Crippen LogP contribution < -0.4 is 5.43 Å². The summed E-state index contributed by atoms with van der Waals surface area (Å²) in [5, 5.41) is 4.80. The Morgan fingerprint density at radius 2 is 1.94 bits per heavy atom. The van der Waals surface area contributed by atoms with E-state index in [2.05, 4.69) is 41.7 Å². The lowest BCUT2D eigenvalue weighted by Gasteiger charge is -2.09. The normalized spacial score (nSPS) is 11.5. The Labute approximate surface area is 181 Å². The first-order valence-corrected chi connectivity index (χ1v) is 10.3. The van der Waals surface area contributed by atoms with E-state index in [9.17, 15) is 4.79 Å². The van der Waals surface area contributed by atoms with Gasteiger partial charge >= 0.3 is 0 Å². The average Bonchev–Trinajstić information content (AvgIpc) is 3.32. The standard InChI is InChI=1S/C26H23N3O2/c1-2-7-19-12-14-20(15-13-19)25-18-23(22-10-3-4-11-24(22)28-25)26(30)29-27-16-5-8-21-9-6-17-31-21/h3-6,8-18H,2,7H2,1H3,(H,29,30)/b8-5-,27-16?. The molecule has 0 fully saturated rings. The molecule has 5 nitrogen and oxygen atoms in total. The number of pyridine rings is 1. The lowest BCUT2D eigenvalue weighted by Crippen LogP contribution is -2.18. The molecular formula is C26H23N3O2. The molecule has 4 aromatic rings. The lowest BCUT2D eigenvalue weighted by molar-refractivity contribution is 0.0957. The van der Waals surface area contributed by atoms with E-state index in [0.717, 1.165) is 35.0 Å². The summed E-state index contributed by atoms with van der Waals surface area (Å²) in [5.41, 5.74) is 6.93. The molecule has 2 aromatic carbocycles. The third-order valence-electron chi connectivity index (χ3n) is 4.88. The summed E-state index contributed by atoms with van der Waals surface area (Å²) in [7, 11) is 0. The zero-order valence-corrected chi connectivity index (χ0v) is 17.3. The SMILES string of the molecule is CCCc1ccc(-c2cc(C(=O)NN=C/C=C\c3ccco3)c3ccccc3n2)cc1. The molecule has 0 radical (unpaired) electrons. The molecule has 0 aliphatic rings. The first-order valence-electron chi connectivity index (χ1n) is 10.3. The molecule has 0 aliphatic carbocycles. The second kappa shape index (κ2) is 9.67. The highest BCUT2D eigenvalue weighted by Gasteiger charge is 2.13. The molecule has 0 atom stereocenters. The van der Waals surface area contributed by atoms with Crippen LogP contribution in [-0.2, 0) is 6.42 Å². The number of aryl methyl sites for hydroxylation is 1. The second-order valence-corrected chi connectivity index (χ2v) is 7.11. The molecule has 1 amide bonds. The van der Waals surface area contributed by atoms with Gasteiger partial charge < -0.3 is 4.42 Å². The molecule has 2 aromatic heterocycles. The van der Waals surface area contributed by atoms with Crippen molar-refractivity contribution in [3.63, 3.8) is 0 Å². The van der Waals surface area contributed by atoms with E-state index in [1.807, 2.05) is 42.5 Å². The number of carbonyl (C=O) groups excluding carboxylic acids is 1. The minimum absolute atomic E-state index is 0.287. The molecule has 4 rings (SSSR count). The Kier molecular flexibility index (Phi) is 6.33. The third-order valence-corrected chi connectivity index (χ3v) is 4.88. The molecule has 0 aliphatic heterocycles. The van der Waals surface area contributed by atoms with Crippen molar-refractivity contribution in [2.75, 3.05) is 0 Å². The van der Waals surface area contributed by atoms with Crippen molar-refractivity contribution in [2.45, 2.75) is 19.8 Å². The van der Waals surface area contributed by atoms with Gasteiger partial charge in [-0.05, 0) is 48.4 Å². The number of para-hydroxylation sites is 1. The molecule has 0 spiro atoms. The predicted octanol–water partition coefficient (Wildman–Crippen LogP) is 5.88. The number of fused-ring (bicyclic) bond motifs is 1. The highest BCUT2D eigenvalue weighted by atomic mass is 16.3. The summed E-state index contributed by atoms with van der Waals surface area (Å²) in [6.45, 7) is 2.17. The van der Waals surface area contributed by atoms with Crippen molar-refractivity contribution in [1.29, 1.82) is 0 Å². The van der Waals surface area contributed by atoms with Gasteiger partial charge in [-0.1, -0.05) is 55.8 Å². The molecule has 2 heterocycles. The molecule has 0 saturated heterocycles. The van der Waals surface area contributed by atoms with Crippen LogP contribution in [0.5, 0.6) is 0 Å². The van der Waals surface area contributed by atoms with Crippen molar-refractivity contribution < 1.29 is 9.21 Å². The summed E-state index contributed by atoms with van der Waals surface area (Å²) < 4.78 is 5.21. The molecule has 0 saturated carbocycles. The van der Waals surface area contributed by atoms with Crippen LogP contribution in [0.25, 0.3) is 28.2 Å². The Morgan fingerprint density at radius 3 is 2.71 bits per heavy atom. The van der Waals surface area contributed by atoms with Crippen LogP contribution in [0.1, 0.15) is 35.0 Å². The van der Waals surface area contributed by atoms with Gasteiger partial charge in [-0.3, -0.25) is 4.79 Å². The number of furan rings is 1. The van der Waals surface area contributed by atoms with E-state index in [-0.39, 0.29) is 5.91 Å². The van der Waals surface area contributed by atoms with E-state index < -0.39 is 0 Å². The maximum Gasteiger partial charge on any atom is 0.272 e. The van der Waals surface area contributed by atoms with Crippen LogP contribution in [0.3, 0.4) is 0 Å². The highest BCUT2D eigenvalue weighted by molar-refractivity contribution is 6.07. The van der Waals surface area contributed by atoms with Gasteiger partial charge in [-0.2, -0.15) is 5.10 Å². The first kappa shape index (κ1) is 20.3. The number of carbonyl (C=O) groups is 1. The smallest absolute Gasteiger partial charge is 0.272 e. The van der Waals surface area contributed by atoms with Gasteiger partial charge in [-0.15, -0.1) is 0 Å². The molecule has 31 heavy (non-hydrogen) atoms. The van der Waals surface area contributed by atoms with E-state index in [4.69, 9.17) is 9.40 Å². The number of hydrogen-bond acceptors (Lipinski definition) is 4. The number of nitrogens with zero attached hydrogens (tertiary/aromatic N) is 2. The first-order chi connectivity index (χ1) is 15.2. The maximum absolute atomic E-state index is 12.9. The van der Waals surface area contributed by atoms with Gasteiger partial charge in [0.05, 0.1) is 23.0 Å². The van der Waals surface area contributed by atoms with Crippen molar-refractivity contribution >= 4 is 29.1 Å². The molecule has 0 bridgehead atoms. The fourth-order valence-electron chi connectivity index (χ4n) is 3.37. The quantitative estimate of drug-likeness (QED) is 0.306. The number of rotatable bonds is 7. The van der Waals surface area contributed by atoms with Crippen molar-refractivity contribution in [3.05, 3.63) is 96.0 Å². The topological polar surface area (TPSA) is 67.5 Å². The number of aromatic nitrogens is 1. The molecule has 154 valence electrons. The average molecular weight is 409 g/mol. The summed E-state index contributed by atoms with van der Waals surface area (Å²) in [6.07, 6.45) is 8.73. The molecular weight excluding hydrogens is 386 g/mol. The predicted molar refractivity (Wildman–Crippen MR) is 125 cm³/mol. The largest absolute Gasteiger partial charge is 0.465 e. The van der Waals surface area contributed by atoms with Gasteiger partial charge in [-0.25, -0.2) is 10.4 Å². The monoisotopic (exact) mass is 409 g/mol. The zero-order chi connectivity index (χ0) is 21.5. The molecule has 0 unspecified atom stereocenters. The highest BCUT2D eigenvalue weighted by Crippen LogP contribution is 2.25. The molecule has 1 N–H and O–H groups in total. The Balaban J connectivity index is 1.59. The van der Waals surface area contributed by atoms with E-state index >= 15 is 0 Å². The van der Waals surface area contributed by atoms with Crippen molar-refractivity contribution in [1.82, 2.24) is 10.4 Å². The van der Waals surface area contributed by atoms with Crippen LogP contribution in [0.2, 0.25) is 0 Å². The Morgan fingerprint density at radius 1 is 1.10 bits per heavy atom. The second-order valence-electron chi connectivity index (χ2n) is 7.11. The van der Waals surface area contributed by atoms with Crippen molar-refractivity contribution in [3.8, 4) is 11.3 Å². The summed E-state index contributed by atoms with van der Waals surface area (Å²) >= 11 is 0. The number of allylic oxidation sites excluding steroid dienone is 1. The van der Waals surface area contributed by atoms with Crippen LogP contribution >= 0.6 is 0 Å². The Bertz CT molecular complexity index is 1220. The van der Waals surface area contributed by atoms with Crippen LogP contribution in [0.4, 0.5) is 0 Å². The van der Waals surface area contributed by atoms with Crippen LogP contribution in [0.15, 0.2) is 88.6 Å². The summed E-state index contributed by atoms with van der Waals surface area (Å²) in [6, 6.07) is 21.4. The fraction of sp³-hybridized carbons (Fsp3) is 0.115. The number of hydrogen-bond donors (Lipinski definition) is 1. The van der Waals surface area contributed by atoms with Gasteiger partial charge in [0.15, 0.2) is 0 Å². The van der Waals surface area contributed by atoms with Gasteiger partial charge in [0.25, 0.3) is 5.91 Å². The van der Waals surface area contributed by atoms with Gasteiger partial charge in [0.1, 0.15) is 5.76 Å². The van der Waals surface area contributed by atoms with Crippen LogP contribution in [-0.4, -0.2) is 17.1 Å². The summed E-state index contributed by atoms with van der Waals surface area (Å²) in [5.74, 6) is 0.428. The van der Waals surface area contributed by atoms with E-state index in [1.54, 1.807) is 18.4 Å². The minimum Gasteiger partial charge on any atom is -0.465 e. The van der Waals surface area contributed by atoms with Crippen LogP contribution in [0, 0.1) is 0 Å². The van der Waals surface area contributed by atoms with Gasteiger partial charge in [0.2, 0.25) is 0 Å². The van der Waals surface area contributed by atoms with Gasteiger partial charge in [0, 0.05) is 17.2 Å². The third kappa shape index (κ3) is 4.95. The number of benzene rings is 2. The molecule has 5 heteroatoms. The van der Waals surface area contributed by atoms with Crippen molar-refractivity contribution in [2.24, 2.45) is 5.10 Å². The fourth-order valence-corrected chi connectivity index (χ4v) is 3.37. The maximum atomic E-state index is 12.9. The lowest BCUT2D eigenvalue weighted by atomic mass is 10.0. The number of hydrazone groups is 1. The number of amides is 1. The number of nitrogens with one attached hydrogen (secondary N) is 1. The minimum atomic E-state index is -0.287.